The number of hydrogen-bond donors (Lipinski definition) is 1. The summed E-state index contributed by atoms with van der Waals surface area (Å²) in [5.41, 5.74) is 4.65. The lowest BCUT2D eigenvalue weighted by molar-refractivity contribution is -0.0353. The molecule has 3 fully saturated rings. The Morgan fingerprint density at radius 1 is 1.16 bits per heavy atom. The number of carbonyl (C=O) groups is 1. The average molecular weight is 436 g/mol. The van der Waals surface area contributed by atoms with E-state index in [9.17, 15) is 4.79 Å². The smallest absolute Gasteiger partial charge is 0.407 e. The van der Waals surface area contributed by atoms with E-state index in [-0.39, 0.29) is 23.7 Å². The minimum Gasteiger partial charge on any atom is -0.481 e. The van der Waals surface area contributed by atoms with Gasteiger partial charge in [-0.3, -0.25) is 4.90 Å². The maximum absolute atomic E-state index is 12.9. The number of pyridine rings is 1. The molecule has 6 nitrogen and oxygen atoms in total. The van der Waals surface area contributed by atoms with Crippen LogP contribution in [0.4, 0.5) is 4.79 Å². The molecule has 0 spiro atoms. The SMILES string of the molecule is COc1cc(-c2ccc3c(c2)CCC(C)(C)C3NC(=O)O[C@@H]2CN3CCC2CC3)ccn1. The van der Waals surface area contributed by atoms with Gasteiger partial charge in [0, 0.05) is 18.8 Å². The number of piperidine rings is 3. The molecule has 1 aliphatic carbocycles. The predicted octanol–water partition coefficient (Wildman–Crippen LogP) is 4.59. The van der Waals surface area contributed by atoms with E-state index >= 15 is 0 Å². The third-order valence-corrected chi connectivity index (χ3v) is 7.67. The van der Waals surface area contributed by atoms with Gasteiger partial charge in [0.05, 0.1) is 13.2 Å². The molecule has 170 valence electrons. The van der Waals surface area contributed by atoms with Crippen molar-refractivity contribution in [2.45, 2.75) is 51.7 Å². The molecular formula is C26H33N3O3. The molecule has 1 N–H and O–H groups in total. The number of amides is 1. The van der Waals surface area contributed by atoms with Crippen LogP contribution in [0.3, 0.4) is 0 Å². The molecule has 3 aliphatic heterocycles. The molecule has 3 saturated heterocycles. The van der Waals surface area contributed by atoms with E-state index in [1.165, 1.54) is 11.1 Å². The lowest BCUT2D eigenvalue weighted by Crippen LogP contribution is -2.53. The summed E-state index contributed by atoms with van der Waals surface area (Å²) in [6, 6.07) is 10.4. The molecule has 4 heterocycles. The summed E-state index contributed by atoms with van der Waals surface area (Å²) in [4.78, 5) is 19.6. The Hall–Kier alpha value is -2.60. The van der Waals surface area contributed by atoms with Gasteiger partial charge in [0.15, 0.2) is 0 Å². The van der Waals surface area contributed by atoms with E-state index in [1.807, 2.05) is 12.1 Å². The first-order valence-electron chi connectivity index (χ1n) is 11.8. The Balaban J connectivity index is 1.35. The molecule has 6 rings (SSSR count). The van der Waals surface area contributed by atoms with Gasteiger partial charge in [-0.2, -0.15) is 0 Å². The highest BCUT2D eigenvalue weighted by Gasteiger charge is 2.40. The van der Waals surface area contributed by atoms with Gasteiger partial charge >= 0.3 is 6.09 Å². The number of nitrogens with zero attached hydrogens (tertiary/aromatic N) is 2. The van der Waals surface area contributed by atoms with Gasteiger partial charge in [-0.1, -0.05) is 32.0 Å². The number of hydrogen-bond acceptors (Lipinski definition) is 5. The van der Waals surface area contributed by atoms with E-state index in [1.54, 1.807) is 13.3 Å². The zero-order valence-corrected chi connectivity index (χ0v) is 19.3. The van der Waals surface area contributed by atoms with Crippen LogP contribution in [0, 0.1) is 11.3 Å². The fourth-order valence-electron chi connectivity index (χ4n) is 5.61. The lowest BCUT2D eigenvalue weighted by Gasteiger charge is -2.44. The van der Waals surface area contributed by atoms with E-state index in [0.717, 1.165) is 56.4 Å². The quantitative estimate of drug-likeness (QED) is 0.761. The monoisotopic (exact) mass is 435 g/mol. The number of ether oxygens (including phenoxy) is 2. The summed E-state index contributed by atoms with van der Waals surface area (Å²) >= 11 is 0. The topological polar surface area (TPSA) is 63.7 Å². The highest BCUT2D eigenvalue weighted by molar-refractivity contribution is 5.70. The third kappa shape index (κ3) is 4.08. The van der Waals surface area contributed by atoms with Crippen molar-refractivity contribution in [2.24, 2.45) is 11.3 Å². The van der Waals surface area contributed by atoms with Crippen LogP contribution in [0.15, 0.2) is 36.5 Å². The molecule has 1 amide bonds. The molecular weight excluding hydrogens is 402 g/mol. The molecule has 32 heavy (non-hydrogen) atoms. The molecule has 1 aromatic carbocycles. The van der Waals surface area contributed by atoms with Gasteiger partial charge in [0.25, 0.3) is 0 Å². The number of rotatable bonds is 4. The molecule has 1 aromatic heterocycles. The van der Waals surface area contributed by atoms with Crippen molar-refractivity contribution in [3.8, 4) is 17.0 Å². The number of methoxy groups -OCH3 is 1. The second-order valence-electron chi connectivity index (χ2n) is 10.1. The van der Waals surface area contributed by atoms with Crippen LogP contribution in [-0.2, 0) is 11.2 Å². The Kier molecular flexibility index (Phi) is 5.58. The van der Waals surface area contributed by atoms with Crippen molar-refractivity contribution in [3.63, 3.8) is 0 Å². The number of nitrogens with one attached hydrogen (secondary N) is 1. The fraction of sp³-hybridized carbons (Fsp3) is 0.538. The van der Waals surface area contributed by atoms with Crippen molar-refractivity contribution in [1.29, 1.82) is 0 Å². The normalized spacial score (nSPS) is 28.0. The summed E-state index contributed by atoms with van der Waals surface area (Å²) in [6.45, 7) is 7.62. The number of aryl methyl sites for hydroxylation is 1. The second kappa shape index (κ2) is 8.39. The maximum Gasteiger partial charge on any atom is 0.407 e. The minimum atomic E-state index is -0.280. The fourth-order valence-corrected chi connectivity index (χ4v) is 5.61. The van der Waals surface area contributed by atoms with Crippen molar-refractivity contribution < 1.29 is 14.3 Å². The van der Waals surface area contributed by atoms with E-state index in [2.05, 4.69) is 47.2 Å². The molecule has 0 saturated carbocycles. The highest BCUT2D eigenvalue weighted by Crippen LogP contribution is 2.44. The van der Waals surface area contributed by atoms with Crippen LogP contribution >= 0.6 is 0 Å². The summed E-state index contributed by atoms with van der Waals surface area (Å²) in [5, 5.41) is 3.24. The predicted molar refractivity (Wildman–Crippen MR) is 124 cm³/mol. The maximum atomic E-state index is 12.9. The van der Waals surface area contributed by atoms with Crippen LogP contribution in [0.1, 0.15) is 50.3 Å². The minimum absolute atomic E-state index is 0.0210. The zero-order valence-electron chi connectivity index (χ0n) is 19.3. The van der Waals surface area contributed by atoms with Crippen LogP contribution in [0.25, 0.3) is 11.1 Å². The molecule has 0 radical (unpaired) electrons. The Morgan fingerprint density at radius 2 is 1.94 bits per heavy atom. The standard InChI is InChI=1S/C26H33N3O3/c1-26(2)10-6-20-14-18(19-7-11-27-23(15-19)31-3)4-5-21(20)24(26)28-25(30)32-22-16-29-12-8-17(22)9-13-29/h4-5,7,11,14-15,17,22,24H,6,8-10,12-13,16H2,1-3H3,(H,28,30)/t22-,24?/m1/s1. The van der Waals surface area contributed by atoms with Crippen LogP contribution in [0.2, 0.25) is 0 Å². The van der Waals surface area contributed by atoms with Gasteiger partial charge in [0.1, 0.15) is 6.10 Å². The molecule has 2 atom stereocenters. The summed E-state index contributed by atoms with van der Waals surface area (Å²) in [6.07, 6.45) is 5.78. The van der Waals surface area contributed by atoms with E-state index in [0.29, 0.717) is 11.8 Å². The largest absolute Gasteiger partial charge is 0.481 e. The third-order valence-electron chi connectivity index (χ3n) is 7.67. The summed E-state index contributed by atoms with van der Waals surface area (Å²) < 4.78 is 11.2. The van der Waals surface area contributed by atoms with Crippen molar-refractivity contribution >= 4 is 6.09 Å². The van der Waals surface area contributed by atoms with Gasteiger partial charge in [-0.05, 0) is 78.4 Å². The summed E-state index contributed by atoms with van der Waals surface area (Å²) in [7, 11) is 1.63. The van der Waals surface area contributed by atoms with Gasteiger partial charge in [-0.25, -0.2) is 9.78 Å². The lowest BCUT2D eigenvalue weighted by atomic mass is 9.70. The Morgan fingerprint density at radius 3 is 2.66 bits per heavy atom. The van der Waals surface area contributed by atoms with Crippen LogP contribution in [-0.4, -0.2) is 48.8 Å². The number of aromatic nitrogens is 1. The molecule has 6 heteroatoms. The Labute approximate surface area is 190 Å². The van der Waals surface area contributed by atoms with Gasteiger partial charge in [0.2, 0.25) is 5.88 Å². The van der Waals surface area contributed by atoms with Crippen LogP contribution in [0.5, 0.6) is 5.88 Å². The zero-order chi connectivity index (χ0) is 22.3. The van der Waals surface area contributed by atoms with E-state index < -0.39 is 0 Å². The van der Waals surface area contributed by atoms with Gasteiger partial charge in [-0.15, -0.1) is 0 Å². The average Bonchev–Trinajstić information content (AvgIpc) is 2.81. The van der Waals surface area contributed by atoms with E-state index in [4.69, 9.17) is 9.47 Å². The number of benzene rings is 1. The highest BCUT2D eigenvalue weighted by atomic mass is 16.6. The molecule has 2 bridgehead atoms. The van der Waals surface area contributed by atoms with Crippen molar-refractivity contribution in [3.05, 3.63) is 47.7 Å². The van der Waals surface area contributed by atoms with Crippen LogP contribution < -0.4 is 10.1 Å². The first-order valence-corrected chi connectivity index (χ1v) is 11.8. The first kappa shape index (κ1) is 21.3. The number of alkyl carbamates (subject to hydrolysis) is 1. The number of fused-ring (bicyclic) bond motifs is 4. The van der Waals surface area contributed by atoms with Crippen molar-refractivity contribution in [1.82, 2.24) is 15.2 Å². The molecule has 1 unspecified atom stereocenters. The van der Waals surface area contributed by atoms with Crippen molar-refractivity contribution in [2.75, 3.05) is 26.7 Å². The number of carbonyl (C=O) groups excluding carboxylic acids is 1. The molecule has 2 aromatic rings. The first-order chi connectivity index (χ1) is 15.4. The van der Waals surface area contributed by atoms with Gasteiger partial charge < -0.3 is 14.8 Å². The Bertz CT molecular complexity index is 998. The molecule has 4 aliphatic rings. The second-order valence-corrected chi connectivity index (χ2v) is 10.1. The summed E-state index contributed by atoms with van der Waals surface area (Å²) in [5.74, 6) is 1.12.